The molecule has 0 heterocycles. The van der Waals surface area contributed by atoms with Crippen molar-refractivity contribution >= 4 is 17.9 Å². The summed E-state index contributed by atoms with van der Waals surface area (Å²) in [4.78, 5) is 37.9. The third-order valence-electron chi connectivity index (χ3n) is 9.80. The standard InChI is InChI=1S/C54H88O6/c1-4-7-10-13-16-19-22-25-27-29-32-35-38-41-44-47-53(56)59-50-51(49-58-52(55)46-43-40-37-34-31-24-21-18-15-12-9-6-3)60-54(57)48-45-42-39-36-33-30-28-26-23-20-17-14-11-8-5-2/h7-8,10-11,16-21,25-28,32,35,51H,4-6,9,12-15,22-24,29-31,33-34,36-50H2,1-3H3/b10-7-,11-8-,19-16-,20-17-,21-18-,27-25-,28-26-,35-32-/t51-/m1/s1. The van der Waals surface area contributed by atoms with Gasteiger partial charge in [0, 0.05) is 19.3 Å². The van der Waals surface area contributed by atoms with Gasteiger partial charge in [0.25, 0.3) is 0 Å². The quantitative estimate of drug-likeness (QED) is 0.0264. The summed E-state index contributed by atoms with van der Waals surface area (Å²) >= 11 is 0. The molecule has 0 aliphatic carbocycles. The largest absolute Gasteiger partial charge is 0.462 e. The van der Waals surface area contributed by atoms with Crippen molar-refractivity contribution in [1.82, 2.24) is 0 Å². The van der Waals surface area contributed by atoms with Gasteiger partial charge in [0.1, 0.15) is 13.2 Å². The second-order valence-corrected chi connectivity index (χ2v) is 15.6. The lowest BCUT2D eigenvalue weighted by Gasteiger charge is -2.18. The van der Waals surface area contributed by atoms with Crippen molar-refractivity contribution in [3.05, 3.63) is 97.2 Å². The van der Waals surface area contributed by atoms with Gasteiger partial charge < -0.3 is 14.2 Å². The van der Waals surface area contributed by atoms with Crippen molar-refractivity contribution in [1.29, 1.82) is 0 Å². The summed E-state index contributed by atoms with van der Waals surface area (Å²) < 4.78 is 16.7. The zero-order valence-corrected chi connectivity index (χ0v) is 38.7. The van der Waals surface area contributed by atoms with Gasteiger partial charge in [0.15, 0.2) is 6.10 Å². The fourth-order valence-electron chi connectivity index (χ4n) is 6.20. The van der Waals surface area contributed by atoms with Gasteiger partial charge in [0.2, 0.25) is 0 Å². The first kappa shape index (κ1) is 56.3. The maximum Gasteiger partial charge on any atom is 0.306 e. The van der Waals surface area contributed by atoms with Crippen LogP contribution < -0.4 is 0 Å². The first-order chi connectivity index (χ1) is 29.5. The van der Waals surface area contributed by atoms with Gasteiger partial charge in [-0.3, -0.25) is 14.4 Å². The van der Waals surface area contributed by atoms with Gasteiger partial charge in [-0.15, -0.1) is 0 Å². The van der Waals surface area contributed by atoms with Gasteiger partial charge in [-0.1, -0.05) is 169 Å². The lowest BCUT2D eigenvalue weighted by molar-refractivity contribution is -0.167. The Morgan fingerprint density at radius 1 is 0.350 bits per heavy atom. The van der Waals surface area contributed by atoms with E-state index in [-0.39, 0.29) is 31.1 Å². The zero-order chi connectivity index (χ0) is 43.7. The van der Waals surface area contributed by atoms with E-state index < -0.39 is 6.10 Å². The van der Waals surface area contributed by atoms with Crippen LogP contribution in [0.3, 0.4) is 0 Å². The number of hydrogen-bond acceptors (Lipinski definition) is 6. The molecule has 0 saturated carbocycles. The Hall–Kier alpha value is -3.67. The molecule has 0 rings (SSSR count). The fraction of sp³-hybridized carbons (Fsp3) is 0.648. The van der Waals surface area contributed by atoms with E-state index in [2.05, 4.69) is 118 Å². The van der Waals surface area contributed by atoms with E-state index in [0.717, 1.165) is 135 Å². The highest BCUT2D eigenvalue weighted by molar-refractivity contribution is 5.71. The molecular weight excluding hydrogens is 745 g/mol. The van der Waals surface area contributed by atoms with Gasteiger partial charge in [-0.05, 0) is 116 Å². The maximum atomic E-state index is 12.8. The molecule has 0 amide bonds. The molecule has 0 fully saturated rings. The Kier molecular flexibility index (Phi) is 45.1. The second-order valence-electron chi connectivity index (χ2n) is 15.6. The van der Waals surface area contributed by atoms with Crippen molar-refractivity contribution in [2.45, 2.75) is 213 Å². The SMILES string of the molecule is CC/C=C\C/C=C\C/C=C\C/C=C\CCCCC(=O)OC[C@@H](COC(=O)CCCCCCC/C=C\CCCCC)OC(=O)CCCCCCC/C=C\C/C=C\C/C=C\CC. The molecule has 0 saturated heterocycles. The lowest BCUT2D eigenvalue weighted by Crippen LogP contribution is -2.30. The molecule has 340 valence electrons. The van der Waals surface area contributed by atoms with Gasteiger partial charge in [-0.2, -0.15) is 0 Å². The molecule has 0 N–H and O–H groups in total. The van der Waals surface area contributed by atoms with Gasteiger partial charge in [0.05, 0.1) is 0 Å². The molecule has 0 radical (unpaired) electrons. The highest BCUT2D eigenvalue weighted by Gasteiger charge is 2.19. The Morgan fingerprint density at radius 2 is 0.650 bits per heavy atom. The molecule has 0 bridgehead atoms. The van der Waals surface area contributed by atoms with E-state index in [1.807, 2.05) is 0 Å². The summed E-state index contributed by atoms with van der Waals surface area (Å²) in [6.45, 7) is 6.31. The molecule has 6 nitrogen and oxygen atoms in total. The molecule has 60 heavy (non-hydrogen) atoms. The molecule has 0 unspecified atom stereocenters. The molecule has 6 heteroatoms. The Balaban J connectivity index is 4.51. The number of carbonyl (C=O) groups excluding carboxylic acids is 3. The second kappa shape index (κ2) is 48.0. The Bertz CT molecular complexity index is 1230. The topological polar surface area (TPSA) is 78.9 Å². The summed E-state index contributed by atoms with van der Waals surface area (Å²) in [5.41, 5.74) is 0. The molecule has 0 aromatic carbocycles. The summed E-state index contributed by atoms with van der Waals surface area (Å²) in [6.07, 6.45) is 62.4. The molecule has 0 spiro atoms. The van der Waals surface area contributed by atoms with Crippen LogP contribution in [-0.2, 0) is 28.6 Å². The molecule has 0 aromatic heterocycles. The smallest absolute Gasteiger partial charge is 0.306 e. The average molecular weight is 833 g/mol. The predicted molar refractivity (Wildman–Crippen MR) is 256 cm³/mol. The first-order valence-electron chi connectivity index (χ1n) is 24.2. The summed E-state index contributed by atoms with van der Waals surface area (Å²) in [7, 11) is 0. The van der Waals surface area contributed by atoms with Crippen molar-refractivity contribution in [2.24, 2.45) is 0 Å². The Morgan fingerprint density at radius 3 is 1.07 bits per heavy atom. The van der Waals surface area contributed by atoms with E-state index in [9.17, 15) is 14.4 Å². The minimum Gasteiger partial charge on any atom is -0.462 e. The molecule has 0 aliphatic heterocycles. The summed E-state index contributed by atoms with van der Waals surface area (Å²) in [6, 6.07) is 0. The Labute approximate surface area is 368 Å². The number of hydrogen-bond donors (Lipinski definition) is 0. The van der Waals surface area contributed by atoms with E-state index in [1.165, 1.54) is 32.1 Å². The van der Waals surface area contributed by atoms with Crippen LogP contribution in [-0.4, -0.2) is 37.2 Å². The third-order valence-corrected chi connectivity index (χ3v) is 9.80. The minimum atomic E-state index is -0.806. The number of esters is 3. The predicted octanol–water partition coefficient (Wildman–Crippen LogP) is 15.8. The summed E-state index contributed by atoms with van der Waals surface area (Å²) in [5.74, 6) is -0.980. The van der Waals surface area contributed by atoms with Gasteiger partial charge in [-0.25, -0.2) is 0 Å². The zero-order valence-electron chi connectivity index (χ0n) is 38.7. The average Bonchev–Trinajstić information content (AvgIpc) is 3.24. The fourth-order valence-corrected chi connectivity index (χ4v) is 6.20. The normalized spacial score (nSPS) is 12.9. The van der Waals surface area contributed by atoms with Crippen LogP contribution in [0.5, 0.6) is 0 Å². The molecule has 0 aliphatic rings. The van der Waals surface area contributed by atoms with E-state index in [0.29, 0.717) is 19.3 Å². The number of rotatable bonds is 42. The highest BCUT2D eigenvalue weighted by atomic mass is 16.6. The van der Waals surface area contributed by atoms with Crippen molar-refractivity contribution in [2.75, 3.05) is 13.2 Å². The van der Waals surface area contributed by atoms with E-state index in [4.69, 9.17) is 14.2 Å². The van der Waals surface area contributed by atoms with Crippen molar-refractivity contribution < 1.29 is 28.6 Å². The molecule has 1 atom stereocenters. The van der Waals surface area contributed by atoms with Crippen LogP contribution in [0.25, 0.3) is 0 Å². The molecular formula is C54H88O6. The van der Waals surface area contributed by atoms with Crippen LogP contribution in [0, 0.1) is 0 Å². The van der Waals surface area contributed by atoms with E-state index >= 15 is 0 Å². The number of allylic oxidation sites excluding steroid dienone is 16. The van der Waals surface area contributed by atoms with Crippen LogP contribution in [0.4, 0.5) is 0 Å². The van der Waals surface area contributed by atoms with Crippen molar-refractivity contribution in [3.63, 3.8) is 0 Å². The lowest BCUT2D eigenvalue weighted by atomic mass is 10.1. The molecule has 0 aromatic rings. The van der Waals surface area contributed by atoms with E-state index in [1.54, 1.807) is 0 Å². The van der Waals surface area contributed by atoms with Crippen LogP contribution in [0.15, 0.2) is 97.2 Å². The summed E-state index contributed by atoms with van der Waals surface area (Å²) in [5, 5.41) is 0. The minimum absolute atomic E-state index is 0.104. The highest BCUT2D eigenvalue weighted by Crippen LogP contribution is 2.12. The van der Waals surface area contributed by atoms with Crippen LogP contribution in [0.1, 0.15) is 207 Å². The number of carbonyl (C=O) groups is 3. The van der Waals surface area contributed by atoms with Crippen LogP contribution in [0.2, 0.25) is 0 Å². The maximum absolute atomic E-state index is 12.8. The first-order valence-corrected chi connectivity index (χ1v) is 24.2. The van der Waals surface area contributed by atoms with Crippen LogP contribution >= 0.6 is 0 Å². The van der Waals surface area contributed by atoms with Gasteiger partial charge >= 0.3 is 17.9 Å². The number of unbranched alkanes of at least 4 members (excludes halogenated alkanes) is 15. The number of ether oxygens (including phenoxy) is 3. The van der Waals surface area contributed by atoms with Crippen molar-refractivity contribution in [3.8, 4) is 0 Å². The third kappa shape index (κ3) is 45.4. The monoisotopic (exact) mass is 833 g/mol.